The molecule has 2 rings (SSSR count). The molecule has 2 heterocycles. The Morgan fingerprint density at radius 3 is 2.48 bits per heavy atom. The zero-order valence-electron chi connectivity index (χ0n) is 12.6. The lowest BCUT2D eigenvalue weighted by Crippen LogP contribution is -2.40. The monoisotopic (exact) mass is 376 g/mol. The van der Waals surface area contributed by atoms with Crippen LogP contribution < -0.4 is 5.32 Å². The molecule has 0 saturated carbocycles. The maximum Gasteiger partial charge on any atom is 0.408 e. The summed E-state index contributed by atoms with van der Waals surface area (Å²) in [5.41, 5.74) is 0. The molecule has 0 aromatic carbocycles. The van der Waals surface area contributed by atoms with E-state index in [1.807, 2.05) is 7.05 Å². The van der Waals surface area contributed by atoms with Crippen molar-refractivity contribution >= 4 is 22.4 Å². The van der Waals surface area contributed by atoms with E-state index in [9.17, 15) is 21.6 Å². The summed E-state index contributed by atoms with van der Waals surface area (Å²) in [6, 6.07) is 0. The van der Waals surface area contributed by atoms with Crippen LogP contribution in [0.4, 0.5) is 13.2 Å². The molecule has 11 heteroatoms. The van der Waals surface area contributed by atoms with E-state index in [4.69, 9.17) is 0 Å². The lowest BCUT2D eigenvalue weighted by molar-refractivity contribution is -0.142. The van der Waals surface area contributed by atoms with Gasteiger partial charge >= 0.3 is 6.18 Å². The van der Waals surface area contributed by atoms with Crippen molar-refractivity contribution in [3.8, 4) is 0 Å². The minimum absolute atomic E-state index is 0. The van der Waals surface area contributed by atoms with Gasteiger partial charge in [0.25, 0.3) is 0 Å². The van der Waals surface area contributed by atoms with Crippen molar-refractivity contribution in [3.05, 3.63) is 12.4 Å². The van der Waals surface area contributed by atoms with Crippen molar-refractivity contribution in [2.24, 2.45) is 5.92 Å². The molecule has 134 valence electrons. The fraction of sp³-hybridized carbons (Fsp3) is 0.750. The highest BCUT2D eigenvalue weighted by Gasteiger charge is 2.32. The maximum atomic E-state index is 12.4. The van der Waals surface area contributed by atoms with Crippen molar-refractivity contribution in [2.75, 3.05) is 26.7 Å². The SMILES string of the molecule is CNCC1CCN(S(=O)(=O)c2cnn(CC(F)(F)F)c2)CC1.Cl. The van der Waals surface area contributed by atoms with Gasteiger partial charge in [-0.1, -0.05) is 0 Å². The fourth-order valence-corrected chi connectivity index (χ4v) is 3.96. The van der Waals surface area contributed by atoms with Gasteiger partial charge in [0, 0.05) is 19.3 Å². The van der Waals surface area contributed by atoms with Gasteiger partial charge in [0.15, 0.2) is 0 Å². The third-order valence-corrected chi connectivity index (χ3v) is 5.51. The van der Waals surface area contributed by atoms with Crippen LogP contribution in [0.25, 0.3) is 0 Å². The first-order valence-electron chi connectivity index (χ1n) is 6.96. The van der Waals surface area contributed by atoms with Crippen LogP contribution in [0.5, 0.6) is 0 Å². The highest BCUT2D eigenvalue weighted by molar-refractivity contribution is 7.89. The zero-order chi connectivity index (χ0) is 16.4. The average Bonchev–Trinajstić information content (AvgIpc) is 2.87. The Morgan fingerprint density at radius 1 is 1.35 bits per heavy atom. The van der Waals surface area contributed by atoms with Gasteiger partial charge in [-0.15, -0.1) is 12.4 Å². The topological polar surface area (TPSA) is 67.2 Å². The van der Waals surface area contributed by atoms with Crippen LogP contribution in [0.3, 0.4) is 0 Å². The third-order valence-electron chi connectivity index (χ3n) is 3.65. The lowest BCUT2D eigenvalue weighted by atomic mass is 9.98. The smallest absolute Gasteiger partial charge is 0.319 e. The van der Waals surface area contributed by atoms with Crippen LogP contribution in [0.15, 0.2) is 17.3 Å². The number of alkyl halides is 3. The van der Waals surface area contributed by atoms with Gasteiger partial charge in [-0.25, -0.2) is 8.42 Å². The van der Waals surface area contributed by atoms with E-state index in [-0.39, 0.29) is 17.3 Å². The fourth-order valence-electron chi connectivity index (χ4n) is 2.54. The van der Waals surface area contributed by atoms with E-state index in [1.165, 1.54) is 4.31 Å². The molecule has 1 fully saturated rings. The predicted molar refractivity (Wildman–Crippen MR) is 80.9 cm³/mol. The van der Waals surface area contributed by atoms with Crippen molar-refractivity contribution in [1.29, 1.82) is 0 Å². The maximum absolute atomic E-state index is 12.4. The van der Waals surface area contributed by atoms with E-state index in [2.05, 4.69) is 10.4 Å². The Kier molecular flexibility index (Phi) is 6.87. The first-order chi connectivity index (χ1) is 10.2. The molecule has 0 unspecified atom stereocenters. The Hall–Kier alpha value is -0.840. The van der Waals surface area contributed by atoms with E-state index < -0.39 is 22.7 Å². The molecular formula is C12H20ClF3N4O2S. The summed E-state index contributed by atoms with van der Waals surface area (Å²) in [5, 5.41) is 6.55. The second-order valence-corrected chi connectivity index (χ2v) is 7.33. The summed E-state index contributed by atoms with van der Waals surface area (Å²) in [7, 11) is -1.93. The molecule has 1 aliphatic rings. The second-order valence-electron chi connectivity index (χ2n) is 5.39. The summed E-state index contributed by atoms with van der Waals surface area (Å²) in [6.07, 6.45) is -1.06. The van der Waals surface area contributed by atoms with E-state index in [0.29, 0.717) is 23.7 Å². The highest BCUT2D eigenvalue weighted by atomic mass is 35.5. The molecule has 1 aromatic rings. The molecule has 0 spiro atoms. The summed E-state index contributed by atoms with van der Waals surface area (Å²) in [5.74, 6) is 0.421. The molecule has 0 radical (unpaired) electrons. The molecule has 0 bridgehead atoms. The van der Waals surface area contributed by atoms with Gasteiger partial charge in [-0.05, 0) is 32.4 Å². The molecule has 6 nitrogen and oxygen atoms in total. The number of piperidine rings is 1. The number of aromatic nitrogens is 2. The van der Waals surface area contributed by atoms with E-state index >= 15 is 0 Å². The third kappa shape index (κ3) is 5.33. The molecule has 1 aromatic heterocycles. The van der Waals surface area contributed by atoms with Crippen molar-refractivity contribution in [3.63, 3.8) is 0 Å². The number of hydrogen-bond acceptors (Lipinski definition) is 4. The van der Waals surface area contributed by atoms with Crippen LogP contribution in [0, 0.1) is 5.92 Å². The standard InChI is InChI=1S/C12H19F3N4O2S.ClH/c1-16-6-10-2-4-19(5-3-10)22(20,21)11-7-17-18(8-11)9-12(13,14)15;/h7-8,10,16H,2-6,9H2,1H3;1H. The van der Waals surface area contributed by atoms with Gasteiger partial charge in [-0.2, -0.15) is 22.6 Å². The molecule has 23 heavy (non-hydrogen) atoms. The molecule has 0 aliphatic carbocycles. The van der Waals surface area contributed by atoms with Crippen LogP contribution in [-0.2, 0) is 16.6 Å². The van der Waals surface area contributed by atoms with Gasteiger partial charge in [0.2, 0.25) is 10.0 Å². The van der Waals surface area contributed by atoms with Gasteiger partial charge in [-0.3, -0.25) is 4.68 Å². The minimum Gasteiger partial charge on any atom is -0.319 e. The number of nitrogens with zero attached hydrogens (tertiary/aromatic N) is 3. The van der Waals surface area contributed by atoms with Crippen LogP contribution in [-0.4, -0.2) is 55.4 Å². The Morgan fingerprint density at radius 2 is 1.96 bits per heavy atom. The quantitative estimate of drug-likeness (QED) is 0.845. The van der Waals surface area contributed by atoms with Gasteiger partial charge in [0.1, 0.15) is 11.4 Å². The lowest BCUT2D eigenvalue weighted by Gasteiger charge is -2.30. The Balaban J connectivity index is 0.00000264. The molecule has 1 N–H and O–H groups in total. The van der Waals surface area contributed by atoms with Gasteiger partial charge in [0.05, 0.1) is 6.20 Å². The molecule has 0 amide bonds. The summed E-state index contributed by atoms with van der Waals surface area (Å²) >= 11 is 0. The first kappa shape index (κ1) is 20.2. The van der Waals surface area contributed by atoms with Crippen molar-refractivity contribution in [2.45, 2.75) is 30.5 Å². The minimum atomic E-state index is -4.43. The number of nitrogens with one attached hydrogen (secondary N) is 1. The first-order valence-corrected chi connectivity index (χ1v) is 8.40. The summed E-state index contributed by atoms with van der Waals surface area (Å²) < 4.78 is 63.6. The summed E-state index contributed by atoms with van der Waals surface area (Å²) in [4.78, 5) is -0.191. The Labute approximate surface area is 139 Å². The number of rotatable bonds is 5. The Bertz CT molecular complexity index is 598. The number of halogens is 4. The number of hydrogen-bond donors (Lipinski definition) is 1. The second kappa shape index (κ2) is 7.82. The van der Waals surface area contributed by atoms with E-state index in [0.717, 1.165) is 31.8 Å². The predicted octanol–water partition coefficient (Wildman–Crippen LogP) is 1.49. The number of sulfonamides is 1. The van der Waals surface area contributed by atoms with Crippen LogP contribution in [0.1, 0.15) is 12.8 Å². The summed E-state index contributed by atoms with van der Waals surface area (Å²) in [6.45, 7) is 0.280. The van der Waals surface area contributed by atoms with Crippen LogP contribution >= 0.6 is 12.4 Å². The van der Waals surface area contributed by atoms with Crippen molar-refractivity contribution < 1.29 is 21.6 Å². The van der Waals surface area contributed by atoms with Gasteiger partial charge < -0.3 is 5.32 Å². The largest absolute Gasteiger partial charge is 0.408 e. The van der Waals surface area contributed by atoms with Crippen molar-refractivity contribution in [1.82, 2.24) is 19.4 Å². The van der Waals surface area contributed by atoms with E-state index in [1.54, 1.807) is 0 Å². The average molecular weight is 377 g/mol. The molecule has 1 aliphatic heterocycles. The molecule has 0 atom stereocenters. The highest BCUT2D eigenvalue weighted by Crippen LogP contribution is 2.24. The normalized spacial score (nSPS) is 17.9. The zero-order valence-corrected chi connectivity index (χ0v) is 14.2. The van der Waals surface area contributed by atoms with Crippen LogP contribution in [0.2, 0.25) is 0 Å². The molecule has 1 saturated heterocycles. The molecular weight excluding hydrogens is 357 g/mol.